The Morgan fingerprint density at radius 1 is 0.944 bits per heavy atom. The van der Waals surface area contributed by atoms with E-state index in [1.165, 1.54) is 0 Å². The van der Waals surface area contributed by atoms with Crippen LogP contribution in [0.3, 0.4) is 0 Å². The molecule has 104 valence electrons. The predicted octanol–water partition coefficient (Wildman–Crippen LogP) is 1.44. The Kier molecular flexibility index (Phi) is 3.63. The van der Waals surface area contributed by atoms with Gasteiger partial charge in [-0.25, -0.2) is 0 Å². The zero-order valence-electron chi connectivity index (χ0n) is 10.9. The molecule has 0 aromatic rings. The van der Waals surface area contributed by atoms with Crippen molar-refractivity contribution in [3.8, 4) is 0 Å². The van der Waals surface area contributed by atoms with Crippen LogP contribution in [0.4, 0.5) is 0 Å². The third kappa shape index (κ3) is 1.99. The lowest BCUT2D eigenvalue weighted by Crippen LogP contribution is -2.42. The van der Waals surface area contributed by atoms with Gasteiger partial charge in [-0.15, -0.1) is 0 Å². The normalized spacial score (nSPS) is 45.3. The molecule has 2 N–H and O–H groups in total. The maximum atomic E-state index is 10.3. The molecule has 2 aliphatic carbocycles. The molecular formula is C14H24O4. The summed E-state index contributed by atoms with van der Waals surface area (Å²) in [6.07, 6.45) is 5.57. The molecule has 2 unspecified atom stereocenters. The molecule has 0 bridgehead atoms. The van der Waals surface area contributed by atoms with E-state index >= 15 is 0 Å². The van der Waals surface area contributed by atoms with E-state index in [9.17, 15) is 10.2 Å². The predicted molar refractivity (Wildman–Crippen MR) is 65.9 cm³/mol. The number of hydrogen-bond donors (Lipinski definition) is 2. The van der Waals surface area contributed by atoms with Crippen molar-refractivity contribution in [2.75, 3.05) is 13.2 Å². The summed E-state index contributed by atoms with van der Waals surface area (Å²) in [5.41, 5.74) is -0.274. The fourth-order valence-corrected chi connectivity index (χ4v) is 4.31. The summed E-state index contributed by atoms with van der Waals surface area (Å²) < 4.78 is 11.1. The van der Waals surface area contributed by atoms with Crippen LogP contribution in [0, 0.1) is 11.3 Å². The van der Waals surface area contributed by atoms with Gasteiger partial charge >= 0.3 is 0 Å². The van der Waals surface area contributed by atoms with Crippen molar-refractivity contribution in [3.63, 3.8) is 0 Å². The number of rotatable bonds is 3. The Morgan fingerprint density at radius 2 is 1.56 bits per heavy atom. The van der Waals surface area contributed by atoms with E-state index in [0.717, 1.165) is 58.2 Å². The fraction of sp³-hybridized carbons (Fsp3) is 1.00. The summed E-state index contributed by atoms with van der Waals surface area (Å²) in [7, 11) is 0. The fourth-order valence-electron chi connectivity index (χ4n) is 4.31. The van der Waals surface area contributed by atoms with E-state index in [4.69, 9.17) is 9.47 Å². The van der Waals surface area contributed by atoms with Crippen LogP contribution in [0.15, 0.2) is 0 Å². The lowest BCUT2D eigenvalue weighted by Gasteiger charge is -2.37. The van der Waals surface area contributed by atoms with Crippen LogP contribution in [-0.4, -0.2) is 41.9 Å². The summed E-state index contributed by atoms with van der Waals surface area (Å²) in [5, 5.41) is 20.6. The highest BCUT2D eigenvalue weighted by Gasteiger charge is 2.57. The van der Waals surface area contributed by atoms with Crippen molar-refractivity contribution in [2.24, 2.45) is 11.3 Å². The van der Waals surface area contributed by atoms with Crippen molar-refractivity contribution < 1.29 is 19.7 Å². The minimum atomic E-state index is -0.344. The molecule has 0 radical (unpaired) electrons. The second-order valence-corrected chi connectivity index (χ2v) is 6.06. The summed E-state index contributed by atoms with van der Waals surface area (Å²) in [4.78, 5) is 0. The van der Waals surface area contributed by atoms with Gasteiger partial charge in [-0.2, -0.15) is 0 Å². The molecule has 1 heterocycles. The zero-order chi connectivity index (χ0) is 12.6. The van der Waals surface area contributed by atoms with Crippen molar-refractivity contribution in [2.45, 2.75) is 63.4 Å². The first kappa shape index (κ1) is 12.9. The molecule has 4 atom stereocenters. The van der Waals surface area contributed by atoms with Gasteiger partial charge in [0.2, 0.25) is 0 Å². The van der Waals surface area contributed by atoms with Crippen LogP contribution in [0.1, 0.15) is 44.9 Å². The van der Waals surface area contributed by atoms with Crippen LogP contribution in [0.25, 0.3) is 0 Å². The van der Waals surface area contributed by atoms with E-state index in [1.54, 1.807) is 0 Å². The molecule has 2 saturated carbocycles. The highest BCUT2D eigenvalue weighted by molar-refractivity contribution is 5.06. The highest BCUT2D eigenvalue weighted by Crippen LogP contribution is 2.57. The number of aliphatic hydroxyl groups is 2. The van der Waals surface area contributed by atoms with Crippen LogP contribution in [-0.2, 0) is 9.47 Å². The van der Waals surface area contributed by atoms with Crippen LogP contribution >= 0.6 is 0 Å². The first-order valence-electron chi connectivity index (χ1n) is 7.33. The van der Waals surface area contributed by atoms with Gasteiger partial charge in [0.25, 0.3) is 0 Å². The van der Waals surface area contributed by atoms with E-state index in [-0.39, 0.29) is 23.9 Å². The zero-order valence-corrected chi connectivity index (χ0v) is 10.9. The Labute approximate surface area is 108 Å². The number of fused-ring (bicyclic) bond motifs is 1. The number of ether oxygens (including phenoxy) is 2. The Morgan fingerprint density at radius 3 is 2.17 bits per heavy atom. The lowest BCUT2D eigenvalue weighted by molar-refractivity contribution is -0.188. The summed E-state index contributed by atoms with van der Waals surface area (Å²) in [6.45, 7) is 1.54. The summed E-state index contributed by atoms with van der Waals surface area (Å²) in [6, 6.07) is 0. The largest absolute Gasteiger partial charge is 0.392 e. The molecule has 0 aromatic carbocycles. The Bertz CT molecular complexity index is 274. The topological polar surface area (TPSA) is 58.9 Å². The first-order chi connectivity index (χ1) is 8.73. The molecule has 0 aromatic heterocycles. The SMILES string of the molecule is O[C@@H]1CCC2CC[C@H](O)C21CCC1OCCCO1. The van der Waals surface area contributed by atoms with Gasteiger partial charge in [0, 0.05) is 5.41 Å². The molecule has 0 spiro atoms. The Hall–Kier alpha value is -0.160. The quantitative estimate of drug-likeness (QED) is 0.802. The summed E-state index contributed by atoms with van der Waals surface area (Å²) >= 11 is 0. The maximum Gasteiger partial charge on any atom is 0.157 e. The molecule has 1 aliphatic heterocycles. The van der Waals surface area contributed by atoms with Gasteiger partial charge in [0.05, 0.1) is 25.4 Å². The van der Waals surface area contributed by atoms with E-state index in [1.807, 2.05) is 0 Å². The second-order valence-electron chi connectivity index (χ2n) is 6.06. The van der Waals surface area contributed by atoms with Gasteiger partial charge in [0.1, 0.15) is 0 Å². The highest BCUT2D eigenvalue weighted by atomic mass is 16.7. The van der Waals surface area contributed by atoms with Crippen LogP contribution in [0.2, 0.25) is 0 Å². The van der Waals surface area contributed by atoms with Gasteiger partial charge in [-0.1, -0.05) is 0 Å². The van der Waals surface area contributed by atoms with Crippen molar-refractivity contribution >= 4 is 0 Å². The van der Waals surface area contributed by atoms with Gasteiger partial charge < -0.3 is 19.7 Å². The molecular weight excluding hydrogens is 232 g/mol. The van der Waals surface area contributed by atoms with Crippen molar-refractivity contribution in [1.82, 2.24) is 0 Å². The molecule has 0 amide bonds. The van der Waals surface area contributed by atoms with Crippen LogP contribution < -0.4 is 0 Å². The standard InChI is InChI=1S/C14H24O4/c15-11-4-2-10-3-5-12(16)14(10,11)7-6-13-17-8-1-9-18-13/h10-13,15-16H,1-9H2/t10?,11-,12+,14?. The van der Waals surface area contributed by atoms with Gasteiger partial charge in [-0.05, 0) is 50.9 Å². The van der Waals surface area contributed by atoms with E-state index in [2.05, 4.69) is 0 Å². The molecule has 1 saturated heterocycles. The smallest absolute Gasteiger partial charge is 0.157 e. The number of aliphatic hydroxyl groups excluding tert-OH is 2. The Balaban J connectivity index is 1.64. The monoisotopic (exact) mass is 256 g/mol. The molecule has 4 nitrogen and oxygen atoms in total. The summed E-state index contributed by atoms with van der Waals surface area (Å²) in [5.74, 6) is 0.492. The van der Waals surface area contributed by atoms with E-state index < -0.39 is 0 Å². The number of hydrogen-bond acceptors (Lipinski definition) is 4. The van der Waals surface area contributed by atoms with Gasteiger partial charge in [0.15, 0.2) is 6.29 Å². The molecule has 3 fully saturated rings. The first-order valence-corrected chi connectivity index (χ1v) is 7.33. The molecule has 18 heavy (non-hydrogen) atoms. The third-order valence-corrected chi connectivity index (χ3v) is 5.29. The second kappa shape index (κ2) is 5.08. The van der Waals surface area contributed by atoms with Gasteiger partial charge in [-0.3, -0.25) is 0 Å². The van der Waals surface area contributed by atoms with Crippen molar-refractivity contribution in [3.05, 3.63) is 0 Å². The lowest BCUT2D eigenvalue weighted by atomic mass is 9.73. The average molecular weight is 256 g/mol. The molecule has 3 rings (SSSR count). The maximum absolute atomic E-state index is 10.3. The molecule has 3 aliphatic rings. The van der Waals surface area contributed by atoms with E-state index in [0.29, 0.717) is 5.92 Å². The van der Waals surface area contributed by atoms with Crippen LogP contribution in [0.5, 0.6) is 0 Å². The minimum Gasteiger partial charge on any atom is -0.392 e. The molecule has 4 heteroatoms. The average Bonchev–Trinajstić information content (AvgIpc) is 2.89. The third-order valence-electron chi connectivity index (χ3n) is 5.29. The van der Waals surface area contributed by atoms with Crippen molar-refractivity contribution in [1.29, 1.82) is 0 Å². The minimum absolute atomic E-state index is 0.130.